The monoisotopic (exact) mass is 260 g/mol. The van der Waals surface area contributed by atoms with E-state index < -0.39 is 0 Å². The first-order chi connectivity index (χ1) is 6.22. The number of nitrogens with zero attached hydrogens (tertiary/aromatic N) is 2. The second-order valence-corrected chi connectivity index (χ2v) is 4.74. The van der Waals surface area contributed by atoms with E-state index in [1.807, 2.05) is 0 Å². The van der Waals surface area contributed by atoms with Crippen molar-refractivity contribution < 1.29 is 0 Å². The average molecular weight is 261 g/mol. The third-order valence-electron chi connectivity index (χ3n) is 2.63. The summed E-state index contributed by atoms with van der Waals surface area (Å²) in [5, 5.41) is 0. The van der Waals surface area contributed by atoms with Crippen molar-refractivity contribution in [2.75, 3.05) is 0 Å². The molecule has 0 radical (unpaired) electrons. The van der Waals surface area contributed by atoms with Crippen molar-refractivity contribution >= 4 is 28.6 Å². The minimum absolute atomic E-state index is 0.729. The number of halogens is 1. The molecule has 0 spiro atoms. The standard InChI is InChI=1S/C9H13BrN2S/c1-6-2-3-12-7(4-6)9(10)11-8(12)5-13/h6,13H,2-5H2,1H3. The molecule has 0 amide bonds. The van der Waals surface area contributed by atoms with Crippen LogP contribution in [-0.2, 0) is 18.7 Å². The fraction of sp³-hybridized carbons (Fsp3) is 0.667. The highest BCUT2D eigenvalue weighted by molar-refractivity contribution is 9.10. The molecule has 0 aliphatic carbocycles. The van der Waals surface area contributed by atoms with Crippen molar-refractivity contribution in [2.24, 2.45) is 5.92 Å². The Morgan fingerprint density at radius 2 is 2.46 bits per heavy atom. The van der Waals surface area contributed by atoms with Gasteiger partial charge >= 0.3 is 0 Å². The summed E-state index contributed by atoms with van der Waals surface area (Å²) in [4.78, 5) is 4.45. The van der Waals surface area contributed by atoms with Crippen LogP contribution in [0.15, 0.2) is 4.60 Å². The summed E-state index contributed by atoms with van der Waals surface area (Å²) < 4.78 is 3.32. The van der Waals surface area contributed by atoms with Gasteiger partial charge in [0, 0.05) is 12.3 Å². The molecule has 2 heterocycles. The lowest BCUT2D eigenvalue weighted by Crippen LogP contribution is -2.18. The Morgan fingerprint density at radius 3 is 3.15 bits per heavy atom. The fourth-order valence-corrected chi connectivity index (χ4v) is 2.69. The van der Waals surface area contributed by atoms with Crippen molar-refractivity contribution in [2.45, 2.75) is 32.1 Å². The van der Waals surface area contributed by atoms with Crippen molar-refractivity contribution in [3.8, 4) is 0 Å². The predicted molar refractivity (Wildman–Crippen MR) is 60.1 cm³/mol. The van der Waals surface area contributed by atoms with E-state index >= 15 is 0 Å². The summed E-state index contributed by atoms with van der Waals surface area (Å²) in [6, 6.07) is 0. The first-order valence-electron chi connectivity index (χ1n) is 4.57. The third-order valence-corrected chi connectivity index (χ3v) is 3.55. The molecule has 13 heavy (non-hydrogen) atoms. The Bertz CT molecular complexity index is 322. The molecule has 1 unspecified atom stereocenters. The van der Waals surface area contributed by atoms with Gasteiger partial charge in [0.15, 0.2) is 0 Å². The largest absolute Gasteiger partial charge is 0.330 e. The Labute approximate surface area is 92.3 Å². The first-order valence-corrected chi connectivity index (χ1v) is 5.99. The molecule has 0 N–H and O–H groups in total. The Balaban J connectivity index is 2.42. The molecule has 0 bridgehead atoms. The summed E-state index contributed by atoms with van der Waals surface area (Å²) >= 11 is 7.78. The van der Waals surface area contributed by atoms with Gasteiger partial charge in [-0.1, -0.05) is 6.92 Å². The maximum atomic E-state index is 4.45. The summed E-state index contributed by atoms with van der Waals surface area (Å²) in [6.07, 6.45) is 2.40. The molecule has 1 aromatic heterocycles. The Kier molecular flexibility index (Phi) is 2.70. The number of thiol groups is 1. The van der Waals surface area contributed by atoms with Crippen LogP contribution in [0.25, 0.3) is 0 Å². The van der Waals surface area contributed by atoms with E-state index in [0.29, 0.717) is 0 Å². The summed E-state index contributed by atoms with van der Waals surface area (Å²) in [5.74, 6) is 2.61. The minimum Gasteiger partial charge on any atom is -0.330 e. The van der Waals surface area contributed by atoms with E-state index in [2.05, 4.69) is 45.0 Å². The number of aromatic nitrogens is 2. The second kappa shape index (κ2) is 3.65. The van der Waals surface area contributed by atoms with Gasteiger partial charge in [0.05, 0.1) is 5.69 Å². The average Bonchev–Trinajstić information content (AvgIpc) is 2.43. The predicted octanol–water partition coefficient (Wildman–Crippen LogP) is 2.66. The van der Waals surface area contributed by atoms with Gasteiger partial charge in [-0.3, -0.25) is 0 Å². The highest BCUT2D eigenvalue weighted by atomic mass is 79.9. The lowest BCUT2D eigenvalue weighted by molar-refractivity contribution is 0.410. The van der Waals surface area contributed by atoms with Crippen LogP contribution in [0.2, 0.25) is 0 Å². The molecule has 0 saturated heterocycles. The molecule has 0 aromatic carbocycles. The van der Waals surface area contributed by atoms with E-state index in [-0.39, 0.29) is 0 Å². The molecule has 2 nitrogen and oxygen atoms in total. The number of imidazole rings is 1. The van der Waals surface area contributed by atoms with E-state index in [4.69, 9.17) is 0 Å². The van der Waals surface area contributed by atoms with Gasteiger partial charge in [0.25, 0.3) is 0 Å². The zero-order chi connectivity index (χ0) is 9.42. The van der Waals surface area contributed by atoms with Gasteiger partial charge in [-0.15, -0.1) is 0 Å². The number of fused-ring (bicyclic) bond motifs is 1. The Hall–Kier alpha value is 0.0400. The Morgan fingerprint density at radius 1 is 1.69 bits per heavy atom. The molecular formula is C9H13BrN2S. The van der Waals surface area contributed by atoms with Gasteiger partial charge in [-0.2, -0.15) is 12.6 Å². The van der Waals surface area contributed by atoms with Gasteiger partial charge < -0.3 is 4.57 Å². The van der Waals surface area contributed by atoms with Crippen LogP contribution in [0.4, 0.5) is 0 Å². The zero-order valence-corrected chi connectivity index (χ0v) is 10.1. The van der Waals surface area contributed by atoms with Gasteiger partial charge in [0.1, 0.15) is 10.4 Å². The van der Waals surface area contributed by atoms with E-state index in [9.17, 15) is 0 Å². The van der Waals surface area contributed by atoms with E-state index in [1.54, 1.807) is 0 Å². The lowest BCUT2D eigenvalue weighted by atomic mass is 9.99. The van der Waals surface area contributed by atoms with Crippen LogP contribution in [-0.4, -0.2) is 9.55 Å². The third kappa shape index (κ3) is 1.66. The summed E-state index contributed by atoms with van der Waals surface area (Å²) in [5.41, 5.74) is 1.35. The van der Waals surface area contributed by atoms with Crippen LogP contribution >= 0.6 is 28.6 Å². The molecule has 2 rings (SSSR count). The molecule has 1 aliphatic rings. The summed E-state index contributed by atoms with van der Waals surface area (Å²) in [6.45, 7) is 3.40. The smallest absolute Gasteiger partial charge is 0.127 e. The second-order valence-electron chi connectivity index (χ2n) is 3.67. The fourth-order valence-electron chi connectivity index (χ4n) is 1.87. The highest BCUT2D eigenvalue weighted by Gasteiger charge is 2.21. The van der Waals surface area contributed by atoms with Crippen LogP contribution in [0.5, 0.6) is 0 Å². The van der Waals surface area contributed by atoms with E-state index in [0.717, 1.165) is 35.1 Å². The molecular weight excluding hydrogens is 248 g/mol. The molecule has 0 fully saturated rings. The van der Waals surface area contributed by atoms with Crippen molar-refractivity contribution in [3.05, 3.63) is 16.1 Å². The SMILES string of the molecule is CC1CCn2c(CS)nc(Br)c2C1. The zero-order valence-electron chi connectivity index (χ0n) is 7.63. The number of hydrogen-bond donors (Lipinski definition) is 1. The molecule has 1 aromatic rings. The van der Waals surface area contributed by atoms with Gasteiger partial charge in [-0.25, -0.2) is 4.98 Å². The van der Waals surface area contributed by atoms with Crippen LogP contribution in [0.1, 0.15) is 24.9 Å². The van der Waals surface area contributed by atoms with Crippen molar-refractivity contribution in [1.29, 1.82) is 0 Å². The van der Waals surface area contributed by atoms with E-state index in [1.165, 1.54) is 12.1 Å². The normalized spacial score (nSPS) is 21.6. The van der Waals surface area contributed by atoms with Crippen molar-refractivity contribution in [1.82, 2.24) is 9.55 Å². The van der Waals surface area contributed by atoms with Crippen LogP contribution in [0, 0.1) is 5.92 Å². The number of hydrogen-bond acceptors (Lipinski definition) is 2. The highest BCUT2D eigenvalue weighted by Crippen LogP contribution is 2.28. The molecule has 4 heteroatoms. The number of rotatable bonds is 1. The van der Waals surface area contributed by atoms with Crippen LogP contribution < -0.4 is 0 Å². The molecule has 1 aliphatic heterocycles. The van der Waals surface area contributed by atoms with Crippen molar-refractivity contribution in [3.63, 3.8) is 0 Å². The van der Waals surface area contributed by atoms with Crippen LogP contribution in [0.3, 0.4) is 0 Å². The maximum absolute atomic E-state index is 4.45. The van der Waals surface area contributed by atoms with Gasteiger partial charge in [0.2, 0.25) is 0 Å². The first kappa shape index (κ1) is 9.59. The minimum atomic E-state index is 0.729. The molecule has 0 saturated carbocycles. The topological polar surface area (TPSA) is 17.8 Å². The summed E-state index contributed by atoms with van der Waals surface area (Å²) in [7, 11) is 0. The quantitative estimate of drug-likeness (QED) is 0.769. The molecule has 72 valence electrons. The molecule has 1 atom stereocenters. The van der Waals surface area contributed by atoms with Gasteiger partial charge in [-0.05, 0) is 34.7 Å². The maximum Gasteiger partial charge on any atom is 0.127 e. The lowest BCUT2D eigenvalue weighted by Gasteiger charge is -2.21.